The van der Waals surface area contributed by atoms with Crippen LogP contribution in [0.2, 0.25) is 0 Å². The fourth-order valence-corrected chi connectivity index (χ4v) is 2.04. The molecule has 0 fully saturated rings. The van der Waals surface area contributed by atoms with Crippen molar-refractivity contribution >= 4 is 21.4 Å². The van der Waals surface area contributed by atoms with Crippen molar-refractivity contribution in [3.8, 4) is 0 Å². The molecule has 94 valence electrons. The maximum Gasteiger partial charge on any atom is 0.293 e. The molecule has 0 spiro atoms. The lowest BCUT2D eigenvalue weighted by Crippen LogP contribution is -2.18. The molecule has 7 nitrogen and oxygen atoms in total. The first-order valence-corrected chi connectivity index (χ1v) is 6.36. The third-order valence-corrected chi connectivity index (χ3v) is 3.52. The molecule has 1 aromatic rings. The van der Waals surface area contributed by atoms with E-state index < -0.39 is 14.9 Å². The SMILES string of the molecule is CCNc1ccc(S(=O)(=O)NC)cc1[N+](=O)[O-]. The third-order valence-electron chi connectivity index (χ3n) is 2.11. The lowest BCUT2D eigenvalue weighted by molar-refractivity contribution is -0.384. The number of sulfonamides is 1. The Balaban J connectivity index is 3.33. The van der Waals surface area contributed by atoms with Crippen LogP contribution in [0.1, 0.15) is 6.92 Å². The van der Waals surface area contributed by atoms with Gasteiger partial charge in [-0.05, 0) is 26.1 Å². The smallest absolute Gasteiger partial charge is 0.293 e. The minimum absolute atomic E-state index is 0.131. The summed E-state index contributed by atoms with van der Waals surface area (Å²) in [7, 11) is -2.42. The Kier molecular flexibility index (Phi) is 4.02. The van der Waals surface area contributed by atoms with Crippen LogP contribution in [0.15, 0.2) is 23.1 Å². The zero-order chi connectivity index (χ0) is 13.1. The summed E-state index contributed by atoms with van der Waals surface area (Å²) in [4.78, 5) is 10.1. The van der Waals surface area contributed by atoms with E-state index in [0.717, 1.165) is 6.07 Å². The van der Waals surface area contributed by atoms with Gasteiger partial charge in [-0.15, -0.1) is 0 Å². The minimum Gasteiger partial charge on any atom is -0.380 e. The number of hydrogen-bond donors (Lipinski definition) is 2. The first-order chi connectivity index (χ1) is 7.92. The van der Waals surface area contributed by atoms with Crippen molar-refractivity contribution in [3.05, 3.63) is 28.3 Å². The summed E-state index contributed by atoms with van der Waals surface area (Å²) in [5.41, 5.74) is 0.0377. The number of nitro groups is 1. The summed E-state index contributed by atoms with van der Waals surface area (Å²) in [6, 6.07) is 3.73. The number of rotatable bonds is 5. The normalized spacial score (nSPS) is 11.2. The maximum absolute atomic E-state index is 11.5. The van der Waals surface area contributed by atoms with Gasteiger partial charge >= 0.3 is 0 Å². The standard InChI is InChI=1S/C9H13N3O4S/c1-3-11-8-5-4-7(17(15,16)10-2)6-9(8)12(13)14/h4-6,10-11H,3H2,1-2H3. The van der Waals surface area contributed by atoms with Gasteiger partial charge in [0, 0.05) is 12.6 Å². The average molecular weight is 259 g/mol. The van der Waals surface area contributed by atoms with E-state index in [1.54, 1.807) is 6.92 Å². The van der Waals surface area contributed by atoms with Gasteiger partial charge in [0.2, 0.25) is 10.0 Å². The Bertz CT molecular complexity index is 527. The Morgan fingerprint density at radius 1 is 1.41 bits per heavy atom. The van der Waals surface area contributed by atoms with E-state index in [0.29, 0.717) is 12.2 Å². The summed E-state index contributed by atoms with van der Waals surface area (Å²) >= 11 is 0. The molecule has 0 amide bonds. The van der Waals surface area contributed by atoms with Crippen LogP contribution < -0.4 is 10.0 Å². The molecule has 2 N–H and O–H groups in total. The highest BCUT2D eigenvalue weighted by Crippen LogP contribution is 2.27. The van der Waals surface area contributed by atoms with E-state index >= 15 is 0 Å². The van der Waals surface area contributed by atoms with Crippen LogP contribution in [0.4, 0.5) is 11.4 Å². The monoisotopic (exact) mass is 259 g/mol. The molecule has 0 saturated heterocycles. The molecule has 0 heterocycles. The molecular formula is C9H13N3O4S. The Hall–Kier alpha value is -1.67. The van der Waals surface area contributed by atoms with Crippen LogP contribution in [-0.2, 0) is 10.0 Å². The van der Waals surface area contributed by atoms with Gasteiger partial charge in [-0.25, -0.2) is 13.1 Å². The minimum atomic E-state index is -3.67. The predicted molar refractivity (Wildman–Crippen MR) is 63.5 cm³/mol. The highest BCUT2D eigenvalue weighted by atomic mass is 32.2. The van der Waals surface area contributed by atoms with Crippen LogP contribution in [0, 0.1) is 10.1 Å². The second-order valence-corrected chi connectivity index (χ2v) is 5.06. The van der Waals surface area contributed by atoms with E-state index in [2.05, 4.69) is 10.0 Å². The van der Waals surface area contributed by atoms with Gasteiger partial charge in [0.15, 0.2) is 0 Å². The maximum atomic E-state index is 11.5. The molecule has 8 heteroatoms. The van der Waals surface area contributed by atoms with Gasteiger partial charge in [-0.2, -0.15) is 0 Å². The van der Waals surface area contributed by atoms with Crippen molar-refractivity contribution in [1.29, 1.82) is 0 Å². The molecule has 0 unspecified atom stereocenters. The summed E-state index contributed by atoms with van der Waals surface area (Å²) in [6.45, 7) is 2.31. The van der Waals surface area contributed by atoms with Crippen molar-refractivity contribution in [2.24, 2.45) is 0 Å². The number of benzene rings is 1. The van der Waals surface area contributed by atoms with Gasteiger partial charge in [-0.1, -0.05) is 0 Å². The molecule has 0 aliphatic heterocycles. The highest BCUT2D eigenvalue weighted by Gasteiger charge is 2.19. The second-order valence-electron chi connectivity index (χ2n) is 3.17. The van der Waals surface area contributed by atoms with Crippen LogP contribution >= 0.6 is 0 Å². The molecule has 1 aromatic carbocycles. The Labute approximate surface area is 99.0 Å². The van der Waals surface area contributed by atoms with Crippen LogP contribution in [0.25, 0.3) is 0 Å². The first-order valence-electron chi connectivity index (χ1n) is 4.88. The summed E-state index contributed by atoms with van der Waals surface area (Å²) < 4.78 is 25.1. The van der Waals surface area contributed by atoms with Crippen LogP contribution in [-0.4, -0.2) is 26.9 Å². The highest BCUT2D eigenvalue weighted by molar-refractivity contribution is 7.89. The molecule has 0 aliphatic carbocycles. The van der Waals surface area contributed by atoms with Gasteiger partial charge < -0.3 is 5.32 Å². The molecule has 0 bridgehead atoms. The van der Waals surface area contributed by atoms with Crippen molar-refractivity contribution in [2.45, 2.75) is 11.8 Å². The zero-order valence-corrected chi connectivity index (χ0v) is 10.2. The van der Waals surface area contributed by atoms with Crippen molar-refractivity contribution in [1.82, 2.24) is 4.72 Å². The number of nitrogens with zero attached hydrogens (tertiary/aromatic N) is 1. The fourth-order valence-electron chi connectivity index (χ4n) is 1.29. The van der Waals surface area contributed by atoms with E-state index in [-0.39, 0.29) is 10.6 Å². The quantitative estimate of drug-likeness (QED) is 0.605. The van der Waals surface area contributed by atoms with Crippen molar-refractivity contribution < 1.29 is 13.3 Å². The number of nitro benzene ring substituents is 1. The first kappa shape index (κ1) is 13.4. The molecule has 0 atom stereocenters. The van der Waals surface area contributed by atoms with Crippen LogP contribution in [0.3, 0.4) is 0 Å². The number of hydrogen-bond acceptors (Lipinski definition) is 5. The van der Waals surface area contributed by atoms with Crippen LogP contribution in [0.5, 0.6) is 0 Å². The summed E-state index contributed by atoms with van der Waals surface area (Å²) in [5, 5.41) is 13.6. The van der Waals surface area contributed by atoms with Crippen molar-refractivity contribution in [2.75, 3.05) is 18.9 Å². The topological polar surface area (TPSA) is 101 Å². The van der Waals surface area contributed by atoms with E-state index in [9.17, 15) is 18.5 Å². The van der Waals surface area contributed by atoms with Crippen molar-refractivity contribution in [3.63, 3.8) is 0 Å². The number of anilines is 1. The molecule has 1 rings (SSSR count). The average Bonchev–Trinajstić information content (AvgIpc) is 2.29. The molecule has 17 heavy (non-hydrogen) atoms. The molecule has 0 aliphatic rings. The fraction of sp³-hybridized carbons (Fsp3) is 0.333. The molecule has 0 saturated carbocycles. The summed E-state index contributed by atoms with van der Waals surface area (Å²) in [5.74, 6) is 0. The zero-order valence-electron chi connectivity index (χ0n) is 9.43. The summed E-state index contributed by atoms with van der Waals surface area (Å²) in [6.07, 6.45) is 0. The third kappa shape index (κ3) is 2.92. The molecule has 0 aromatic heterocycles. The van der Waals surface area contributed by atoms with E-state index in [4.69, 9.17) is 0 Å². The second kappa shape index (κ2) is 5.11. The van der Waals surface area contributed by atoms with Gasteiger partial charge in [0.25, 0.3) is 5.69 Å². The van der Waals surface area contributed by atoms with Gasteiger partial charge in [0.05, 0.1) is 9.82 Å². The van der Waals surface area contributed by atoms with E-state index in [1.165, 1.54) is 19.2 Å². The largest absolute Gasteiger partial charge is 0.380 e. The molecular weight excluding hydrogens is 246 g/mol. The lowest BCUT2D eigenvalue weighted by Gasteiger charge is -2.07. The lowest BCUT2D eigenvalue weighted by atomic mass is 10.2. The Morgan fingerprint density at radius 3 is 2.53 bits per heavy atom. The van der Waals surface area contributed by atoms with E-state index in [1.807, 2.05) is 0 Å². The van der Waals surface area contributed by atoms with Gasteiger partial charge in [0.1, 0.15) is 5.69 Å². The predicted octanol–water partition coefficient (Wildman–Crippen LogP) is 0.935. The molecule has 0 radical (unpaired) electrons. The van der Waals surface area contributed by atoms with Gasteiger partial charge in [-0.3, -0.25) is 10.1 Å². The Morgan fingerprint density at radius 2 is 2.06 bits per heavy atom. The number of nitrogens with one attached hydrogen (secondary N) is 2.